The van der Waals surface area contributed by atoms with Gasteiger partial charge < -0.3 is 10.4 Å². The molecule has 1 aromatic heterocycles. The molecule has 0 radical (unpaired) electrons. The van der Waals surface area contributed by atoms with E-state index in [-0.39, 0.29) is 0 Å². The third-order valence-electron chi connectivity index (χ3n) is 2.92. The fourth-order valence-electron chi connectivity index (χ4n) is 1.50. The lowest BCUT2D eigenvalue weighted by molar-refractivity contribution is -0.142. The van der Waals surface area contributed by atoms with Crippen LogP contribution in [0.4, 0.5) is 10.8 Å². The Kier molecular flexibility index (Phi) is 4.68. The maximum absolute atomic E-state index is 11.2. The lowest BCUT2D eigenvalue weighted by atomic mass is 9.90. The standard InChI is InChI=1S/C13H11Cl3N2O2S/c1-13(2,11(19)20)9-5-21-12(17-9)18-10-7(15)3-6(14)4-8(10)16/h3-5H,1-2H3,(H,17,18)(H,19,20). The van der Waals surface area contributed by atoms with Crippen molar-refractivity contribution in [1.82, 2.24) is 4.98 Å². The zero-order valence-corrected chi connectivity index (χ0v) is 14.2. The number of carboxylic acid groups (broad SMARTS) is 1. The fourth-order valence-corrected chi connectivity index (χ4v) is 3.29. The van der Waals surface area contributed by atoms with E-state index in [1.165, 1.54) is 11.3 Å². The van der Waals surface area contributed by atoms with E-state index in [4.69, 9.17) is 34.8 Å². The molecule has 0 aliphatic carbocycles. The molecule has 0 unspecified atom stereocenters. The van der Waals surface area contributed by atoms with Crippen molar-refractivity contribution in [3.05, 3.63) is 38.3 Å². The molecule has 112 valence electrons. The molecule has 0 bridgehead atoms. The molecule has 1 heterocycles. The summed E-state index contributed by atoms with van der Waals surface area (Å²) >= 11 is 19.3. The molecular weight excluding hydrogens is 355 g/mol. The van der Waals surface area contributed by atoms with Crippen LogP contribution >= 0.6 is 46.1 Å². The van der Waals surface area contributed by atoms with Gasteiger partial charge in [-0.3, -0.25) is 4.79 Å². The maximum atomic E-state index is 11.2. The van der Waals surface area contributed by atoms with Gasteiger partial charge in [-0.1, -0.05) is 34.8 Å². The number of carboxylic acids is 1. The van der Waals surface area contributed by atoms with Crippen LogP contribution in [0.2, 0.25) is 15.1 Å². The number of halogens is 3. The fraction of sp³-hybridized carbons (Fsp3) is 0.231. The third kappa shape index (κ3) is 3.43. The van der Waals surface area contributed by atoms with E-state index in [9.17, 15) is 9.90 Å². The molecule has 0 spiro atoms. The lowest BCUT2D eigenvalue weighted by Gasteiger charge is -2.15. The number of benzene rings is 1. The summed E-state index contributed by atoms with van der Waals surface area (Å²) in [6.45, 7) is 3.19. The summed E-state index contributed by atoms with van der Waals surface area (Å²) in [5.41, 5.74) is -0.121. The van der Waals surface area contributed by atoms with Crippen molar-refractivity contribution in [2.45, 2.75) is 19.3 Å². The Morgan fingerprint density at radius 2 is 1.86 bits per heavy atom. The summed E-state index contributed by atoms with van der Waals surface area (Å²) in [5.74, 6) is -0.943. The van der Waals surface area contributed by atoms with Gasteiger partial charge >= 0.3 is 5.97 Å². The molecule has 4 nitrogen and oxygen atoms in total. The van der Waals surface area contributed by atoms with Gasteiger partial charge in [-0.25, -0.2) is 4.98 Å². The van der Waals surface area contributed by atoms with E-state index in [1.807, 2.05) is 0 Å². The van der Waals surface area contributed by atoms with Gasteiger partial charge in [0.2, 0.25) is 0 Å². The van der Waals surface area contributed by atoms with Crippen LogP contribution in [0.25, 0.3) is 0 Å². The molecule has 1 aromatic carbocycles. The van der Waals surface area contributed by atoms with E-state index >= 15 is 0 Å². The molecule has 21 heavy (non-hydrogen) atoms. The predicted octanol–water partition coefficient (Wildman–Crippen LogP) is 5.21. The molecule has 2 N–H and O–H groups in total. The molecule has 0 atom stereocenters. The molecule has 2 aromatic rings. The topological polar surface area (TPSA) is 62.2 Å². The molecule has 0 aliphatic rings. The van der Waals surface area contributed by atoms with E-state index in [0.29, 0.717) is 31.6 Å². The quantitative estimate of drug-likeness (QED) is 0.781. The minimum absolute atomic E-state index is 0.363. The van der Waals surface area contributed by atoms with Gasteiger partial charge in [-0.05, 0) is 26.0 Å². The Balaban J connectivity index is 2.31. The van der Waals surface area contributed by atoms with Gasteiger partial charge in [-0.15, -0.1) is 11.3 Å². The van der Waals surface area contributed by atoms with E-state index < -0.39 is 11.4 Å². The molecule has 8 heteroatoms. The first-order chi connectivity index (χ1) is 9.71. The monoisotopic (exact) mass is 364 g/mol. The number of thiazole rings is 1. The number of rotatable bonds is 4. The number of nitrogens with zero attached hydrogens (tertiary/aromatic N) is 1. The minimum Gasteiger partial charge on any atom is -0.481 e. The summed E-state index contributed by atoms with van der Waals surface area (Å²) in [5, 5.41) is 15.5. The summed E-state index contributed by atoms with van der Waals surface area (Å²) in [7, 11) is 0. The van der Waals surface area contributed by atoms with Gasteiger partial charge in [-0.2, -0.15) is 0 Å². The second kappa shape index (κ2) is 6.01. The highest BCUT2D eigenvalue weighted by atomic mass is 35.5. The zero-order valence-electron chi connectivity index (χ0n) is 11.1. The second-order valence-electron chi connectivity index (χ2n) is 4.84. The van der Waals surface area contributed by atoms with Crippen molar-refractivity contribution in [2.75, 3.05) is 5.32 Å². The first-order valence-corrected chi connectivity index (χ1v) is 7.84. The Morgan fingerprint density at radius 1 is 1.29 bits per heavy atom. The lowest BCUT2D eigenvalue weighted by Crippen LogP contribution is -2.28. The van der Waals surface area contributed by atoms with Crippen molar-refractivity contribution >= 4 is 62.9 Å². The smallest absolute Gasteiger partial charge is 0.315 e. The number of hydrogen-bond donors (Lipinski definition) is 2. The average molecular weight is 366 g/mol. The molecule has 0 saturated carbocycles. The van der Waals surface area contributed by atoms with Crippen LogP contribution in [0.5, 0.6) is 0 Å². The van der Waals surface area contributed by atoms with Crippen LogP contribution in [0, 0.1) is 0 Å². The number of nitrogens with one attached hydrogen (secondary N) is 1. The Morgan fingerprint density at radius 3 is 2.38 bits per heavy atom. The minimum atomic E-state index is -1.07. The van der Waals surface area contributed by atoms with Gasteiger partial charge in [0, 0.05) is 10.4 Å². The third-order valence-corrected chi connectivity index (χ3v) is 4.49. The SMILES string of the molecule is CC(C)(C(=O)O)c1csc(Nc2c(Cl)cc(Cl)cc2Cl)n1. The van der Waals surface area contributed by atoms with Crippen molar-refractivity contribution in [1.29, 1.82) is 0 Å². The van der Waals surface area contributed by atoms with Gasteiger partial charge in [0.05, 0.1) is 21.4 Å². The largest absolute Gasteiger partial charge is 0.481 e. The Labute approximate surface area is 140 Å². The normalized spacial score (nSPS) is 11.5. The first kappa shape index (κ1) is 16.4. The molecule has 2 rings (SSSR count). The number of carbonyl (C=O) groups is 1. The van der Waals surface area contributed by atoms with Crippen molar-refractivity contribution in [3.8, 4) is 0 Å². The highest BCUT2D eigenvalue weighted by Gasteiger charge is 2.32. The Bertz CT molecular complexity index is 677. The van der Waals surface area contributed by atoms with E-state index in [0.717, 1.165) is 0 Å². The van der Waals surface area contributed by atoms with Crippen LogP contribution in [-0.4, -0.2) is 16.1 Å². The van der Waals surface area contributed by atoms with Gasteiger partial charge in [0.15, 0.2) is 5.13 Å². The number of aliphatic carboxylic acids is 1. The number of aromatic nitrogens is 1. The van der Waals surface area contributed by atoms with Crippen LogP contribution in [0.15, 0.2) is 17.5 Å². The van der Waals surface area contributed by atoms with Crippen LogP contribution in [0.3, 0.4) is 0 Å². The van der Waals surface area contributed by atoms with Crippen LogP contribution < -0.4 is 5.32 Å². The van der Waals surface area contributed by atoms with E-state index in [1.54, 1.807) is 31.4 Å². The molecule has 0 amide bonds. The van der Waals surface area contributed by atoms with E-state index in [2.05, 4.69) is 10.3 Å². The number of anilines is 2. The molecule has 0 saturated heterocycles. The highest BCUT2D eigenvalue weighted by Crippen LogP contribution is 2.37. The second-order valence-corrected chi connectivity index (χ2v) is 6.95. The Hall–Kier alpha value is -1.01. The van der Waals surface area contributed by atoms with Crippen molar-refractivity contribution < 1.29 is 9.90 Å². The summed E-state index contributed by atoms with van der Waals surface area (Å²) < 4.78 is 0. The van der Waals surface area contributed by atoms with Crippen LogP contribution in [-0.2, 0) is 10.2 Å². The first-order valence-electron chi connectivity index (χ1n) is 5.83. The molecular formula is C13H11Cl3N2O2S. The van der Waals surface area contributed by atoms with Gasteiger partial charge in [0.1, 0.15) is 5.41 Å². The maximum Gasteiger partial charge on any atom is 0.315 e. The molecule has 0 aliphatic heterocycles. The predicted molar refractivity (Wildman–Crippen MR) is 87.5 cm³/mol. The molecule has 0 fully saturated rings. The zero-order chi connectivity index (χ0) is 15.8. The van der Waals surface area contributed by atoms with Gasteiger partial charge in [0.25, 0.3) is 0 Å². The summed E-state index contributed by atoms with van der Waals surface area (Å²) in [4.78, 5) is 15.5. The summed E-state index contributed by atoms with van der Waals surface area (Å²) in [6, 6.07) is 3.13. The summed E-state index contributed by atoms with van der Waals surface area (Å²) in [6.07, 6.45) is 0. The van der Waals surface area contributed by atoms with Crippen molar-refractivity contribution in [2.24, 2.45) is 0 Å². The number of hydrogen-bond acceptors (Lipinski definition) is 4. The average Bonchev–Trinajstić information content (AvgIpc) is 2.82. The highest BCUT2D eigenvalue weighted by molar-refractivity contribution is 7.13. The van der Waals surface area contributed by atoms with Crippen molar-refractivity contribution in [3.63, 3.8) is 0 Å². The van der Waals surface area contributed by atoms with Crippen LogP contribution in [0.1, 0.15) is 19.5 Å².